The van der Waals surface area contributed by atoms with Gasteiger partial charge in [0.2, 0.25) is 0 Å². The fourth-order valence-electron chi connectivity index (χ4n) is 9.09. The summed E-state index contributed by atoms with van der Waals surface area (Å²) in [4.78, 5) is 2.46. The van der Waals surface area contributed by atoms with Crippen LogP contribution in [0, 0.1) is 0 Å². The van der Waals surface area contributed by atoms with Gasteiger partial charge in [-0.15, -0.1) is 0 Å². The molecule has 1 heteroatoms. The van der Waals surface area contributed by atoms with Crippen molar-refractivity contribution < 1.29 is 0 Å². The van der Waals surface area contributed by atoms with Gasteiger partial charge in [-0.2, -0.15) is 0 Å². The number of para-hydroxylation sites is 1. The van der Waals surface area contributed by atoms with Crippen molar-refractivity contribution in [1.82, 2.24) is 0 Å². The molecular weight excluding hydrogens is 699 g/mol. The summed E-state index contributed by atoms with van der Waals surface area (Å²) >= 11 is 0. The third-order valence-electron chi connectivity index (χ3n) is 11.9. The predicted molar refractivity (Wildman–Crippen MR) is 246 cm³/mol. The van der Waals surface area contributed by atoms with E-state index >= 15 is 0 Å². The van der Waals surface area contributed by atoms with Crippen LogP contribution in [-0.2, 0) is 5.41 Å². The molecule has 0 bridgehead atoms. The molecule has 0 unspecified atom stereocenters. The lowest BCUT2D eigenvalue weighted by molar-refractivity contribution is 0.660. The third-order valence-corrected chi connectivity index (χ3v) is 11.9. The zero-order valence-electron chi connectivity index (χ0n) is 32.8. The van der Waals surface area contributed by atoms with Crippen LogP contribution in [0.15, 0.2) is 224 Å². The first-order valence-electron chi connectivity index (χ1n) is 20.2. The molecule has 9 aromatic rings. The van der Waals surface area contributed by atoms with Gasteiger partial charge in [0.25, 0.3) is 0 Å². The summed E-state index contributed by atoms with van der Waals surface area (Å²) in [5, 5.41) is 0. The van der Waals surface area contributed by atoms with Gasteiger partial charge in [-0.25, -0.2) is 0 Å². The van der Waals surface area contributed by atoms with E-state index in [4.69, 9.17) is 0 Å². The normalized spacial score (nSPS) is 12.4. The third kappa shape index (κ3) is 6.13. The second-order valence-electron chi connectivity index (χ2n) is 15.7. The quantitative estimate of drug-likeness (QED) is 0.150. The van der Waals surface area contributed by atoms with Crippen molar-refractivity contribution >= 4 is 17.1 Å². The van der Waals surface area contributed by atoms with Crippen LogP contribution in [0.1, 0.15) is 25.0 Å². The van der Waals surface area contributed by atoms with Crippen molar-refractivity contribution in [2.24, 2.45) is 0 Å². The van der Waals surface area contributed by atoms with Crippen LogP contribution < -0.4 is 4.90 Å². The van der Waals surface area contributed by atoms with Gasteiger partial charge in [0.1, 0.15) is 0 Å². The van der Waals surface area contributed by atoms with E-state index in [1.165, 1.54) is 77.9 Å². The molecule has 0 radical (unpaired) electrons. The van der Waals surface area contributed by atoms with E-state index < -0.39 is 0 Å². The first-order chi connectivity index (χ1) is 28.6. The maximum atomic E-state index is 2.46. The van der Waals surface area contributed by atoms with Gasteiger partial charge in [0.15, 0.2) is 0 Å². The van der Waals surface area contributed by atoms with Crippen LogP contribution in [0.25, 0.3) is 66.8 Å². The van der Waals surface area contributed by atoms with E-state index in [-0.39, 0.29) is 5.41 Å². The molecule has 58 heavy (non-hydrogen) atoms. The molecule has 0 heterocycles. The van der Waals surface area contributed by atoms with Crippen molar-refractivity contribution in [2.75, 3.05) is 4.90 Å². The SMILES string of the molecule is CC1(C)c2ccccc2-c2ccc(N(c3ccc(-c4ccccc4-c4ccccc4)cc3)c3ccccc3-c3ccccc3-c3ccccc3-c3ccccc3)cc21. The van der Waals surface area contributed by atoms with E-state index in [0.717, 1.165) is 17.1 Å². The fraction of sp³-hybridized carbons (Fsp3) is 0.0526. The Bertz CT molecular complexity index is 2900. The highest BCUT2D eigenvalue weighted by Crippen LogP contribution is 2.52. The maximum Gasteiger partial charge on any atom is 0.0540 e. The molecule has 9 aromatic carbocycles. The highest BCUT2D eigenvalue weighted by atomic mass is 15.1. The highest BCUT2D eigenvalue weighted by Gasteiger charge is 2.36. The minimum absolute atomic E-state index is 0.133. The molecule has 0 atom stereocenters. The molecule has 1 nitrogen and oxygen atoms in total. The van der Waals surface area contributed by atoms with Gasteiger partial charge in [0, 0.05) is 22.4 Å². The smallest absolute Gasteiger partial charge is 0.0540 e. The number of hydrogen-bond donors (Lipinski definition) is 0. The van der Waals surface area contributed by atoms with Gasteiger partial charge < -0.3 is 4.90 Å². The molecule has 0 amide bonds. The minimum Gasteiger partial charge on any atom is -0.310 e. The van der Waals surface area contributed by atoms with Crippen molar-refractivity contribution in [3.8, 4) is 66.8 Å². The Morgan fingerprint density at radius 3 is 1.24 bits per heavy atom. The van der Waals surface area contributed by atoms with Crippen molar-refractivity contribution in [3.63, 3.8) is 0 Å². The fourth-order valence-corrected chi connectivity index (χ4v) is 9.09. The zero-order chi connectivity index (χ0) is 39.1. The van der Waals surface area contributed by atoms with E-state index in [9.17, 15) is 0 Å². The molecule has 1 aliphatic rings. The van der Waals surface area contributed by atoms with Crippen LogP contribution in [0.2, 0.25) is 0 Å². The van der Waals surface area contributed by atoms with Crippen LogP contribution in [0.4, 0.5) is 17.1 Å². The zero-order valence-corrected chi connectivity index (χ0v) is 32.8. The van der Waals surface area contributed by atoms with E-state index in [1.807, 2.05) is 0 Å². The average molecular weight is 742 g/mol. The number of anilines is 3. The number of benzene rings is 9. The highest BCUT2D eigenvalue weighted by molar-refractivity contribution is 5.98. The van der Waals surface area contributed by atoms with Crippen molar-refractivity contribution in [1.29, 1.82) is 0 Å². The largest absolute Gasteiger partial charge is 0.310 e. The molecule has 1 aliphatic carbocycles. The van der Waals surface area contributed by atoms with Crippen LogP contribution in [0.5, 0.6) is 0 Å². The summed E-state index contributed by atoms with van der Waals surface area (Å²) in [6.45, 7) is 4.72. The summed E-state index contributed by atoms with van der Waals surface area (Å²) in [6.07, 6.45) is 0. The molecule has 0 saturated heterocycles. The average Bonchev–Trinajstić information content (AvgIpc) is 3.52. The lowest BCUT2D eigenvalue weighted by atomic mass is 9.82. The van der Waals surface area contributed by atoms with E-state index in [0.29, 0.717) is 0 Å². The van der Waals surface area contributed by atoms with Gasteiger partial charge in [-0.3, -0.25) is 0 Å². The lowest BCUT2D eigenvalue weighted by Gasteiger charge is -2.30. The number of nitrogens with zero attached hydrogens (tertiary/aromatic N) is 1. The Morgan fingerprint density at radius 2 is 0.655 bits per heavy atom. The van der Waals surface area contributed by atoms with Gasteiger partial charge >= 0.3 is 0 Å². The summed E-state index contributed by atoms with van der Waals surface area (Å²) in [6, 6.07) is 81.8. The van der Waals surface area contributed by atoms with Crippen LogP contribution in [0.3, 0.4) is 0 Å². The summed E-state index contributed by atoms with van der Waals surface area (Å²) in [5.41, 5.74) is 20.6. The second kappa shape index (κ2) is 14.7. The molecule has 0 fully saturated rings. The first kappa shape index (κ1) is 35.2. The Labute approximate surface area is 342 Å². The van der Waals surface area contributed by atoms with E-state index in [2.05, 4.69) is 243 Å². The summed E-state index contributed by atoms with van der Waals surface area (Å²) in [5.74, 6) is 0. The predicted octanol–water partition coefficient (Wildman–Crippen LogP) is 15.8. The van der Waals surface area contributed by atoms with Gasteiger partial charge in [0.05, 0.1) is 5.69 Å². The molecule has 0 spiro atoms. The van der Waals surface area contributed by atoms with Crippen LogP contribution >= 0.6 is 0 Å². The maximum absolute atomic E-state index is 2.46. The first-order valence-corrected chi connectivity index (χ1v) is 20.2. The molecular formula is C57H43N. The summed E-state index contributed by atoms with van der Waals surface area (Å²) < 4.78 is 0. The minimum atomic E-state index is -0.133. The Balaban J connectivity index is 1.15. The number of fused-ring (bicyclic) bond motifs is 3. The van der Waals surface area contributed by atoms with E-state index in [1.54, 1.807) is 0 Å². The molecule has 276 valence electrons. The Kier molecular flexibility index (Phi) is 8.92. The van der Waals surface area contributed by atoms with Crippen LogP contribution in [-0.4, -0.2) is 0 Å². The molecule has 10 rings (SSSR count). The monoisotopic (exact) mass is 741 g/mol. The summed E-state index contributed by atoms with van der Waals surface area (Å²) in [7, 11) is 0. The second-order valence-corrected chi connectivity index (χ2v) is 15.7. The number of rotatable bonds is 8. The molecule has 0 N–H and O–H groups in total. The standard InChI is InChI=1S/C57H43N/c1-57(2)54-31-17-15-29-51(54)52-38-37-44(39-55(52)57)58(43-35-33-42(34-36-43)46-24-10-9-23-45(46)40-19-5-3-6-20-40)56-32-18-16-30-53(56)50-28-14-13-27-49(50)48-26-12-11-25-47(48)41-21-7-4-8-22-41/h3-39H,1-2H3. The molecule has 0 saturated carbocycles. The van der Waals surface area contributed by atoms with Gasteiger partial charge in [-0.1, -0.05) is 208 Å². The Hall–Kier alpha value is -7.22. The van der Waals surface area contributed by atoms with Crippen molar-refractivity contribution in [2.45, 2.75) is 19.3 Å². The van der Waals surface area contributed by atoms with Crippen molar-refractivity contribution in [3.05, 3.63) is 236 Å². The topological polar surface area (TPSA) is 3.24 Å². The molecule has 0 aromatic heterocycles. The number of hydrogen-bond acceptors (Lipinski definition) is 1. The molecule has 0 aliphatic heterocycles. The Morgan fingerprint density at radius 1 is 0.276 bits per heavy atom. The van der Waals surface area contributed by atoms with Gasteiger partial charge in [-0.05, 0) is 103 Å². The lowest BCUT2D eigenvalue weighted by Crippen LogP contribution is -2.17.